The highest BCUT2D eigenvalue weighted by atomic mass is 32.2. The lowest BCUT2D eigenvalue weighted by molar-refractivity contribution is 0.0698. The van der Waals surface area contributed by atoms with E-state index in [1.54, 1.807) is 25.1 Å². The molecule has 4 aromatic carbocycles. The lowest BCUT2D eigenvalue weighted by Crippen LogP contribution is -2.29. The van der Waals surface area contributed by atoms with E-state index in [0.29, 0.717) is 36.5 Å². The average molecular weight is 570 g/mol. The van der Waals surface area contributed by atoms with Gasteiger partial charge in [-0.05, 0) is 61.4 Å². The van der Waals surface area contributed by atoms with Crippen molar-refractivity contribution in [1.82, 2.24) is 0 Å². The molecule has 1 amide bonds. The molecule has 5 rings (SSSR count). The van der Waals surface area contributed by atoms with E-state index in [-0.39, 0.29) is 21.7 Å². The number of carbonyl (C=O) groups is 2. The van der Waals surface area contributed by atoms with E-state index >= 15 is 0 Å². The van der Waals surface area contributed by atoms with Crippen molar-refractivity contribution < 1.29 is 28.0 Å². The molecule has 1 aliphatic heterocycles. The fourth-order valence-corrected chi connectivity index (χ4v) is 6.14. The quantitative estimate of drug-likeness (QED) is 0.211. The van der Waals surface area contributed by atoms with E-state index in [2.05, 4.69) is 10.5 Å². The first-order chi connectivity index (χ1) is 19.8. The number of sulfonamides is 1. The van der Waals surface area contributed by atoms with Gasteiger partial charge in [-0.25, -0.2) is 13.2 Å². The molecule has 208 valence electrons. The Morgan fingerprint density at radius 3 is 2.29 bits per heavy atom. The molecule has 0 bridgehead atoms. The van der Waals surface area contributed by atoms with E-state index in [1.165, 1.54) is 40.7 Å². The van der Waals surface area contributed by atoms with Gasteiger partial charge >= 0.3 is 5.97 Å². The number of para-hydroxylation sites is 1. The zero-order valence-electron chi connectivity index (χ0n) is 22.2. The number of oxime groups is 1. The molecular weight excluding hydrogens is 542 g/mol. The number of aromatic carboxylic acids is 1. The third-order valence-corrected chi connectivity index (χ3v) is 8.48. The van der Waals surface area contributed by atoms with Gasteiger partial charge in [-0.2, -0.15) is 0 Å². The number of rotatable bonds is 9. The molecule has 0 saturated heterocycles. The number of hydrogen-bond donors (Lipinski definition) is 2. The number of carboxylic acids is 1. The van der Waals surface area contributed by atoms with Crippen molar-refractivity contribution in [2.75, 3.05) is 22.8 Å². The number of nitrogens with zero attached hydrogens (tertiary/aromatic N) is 2. The summed E-state index contributed by atoms with van der Waals surface area (Å²) in [6, 6.07) is 26.7. The van der Waals surface area contributed by atoms with Crippen LogP contribution < -0.4 is 9.62 Å². The molecule has 2 N–H and O–H groups in total. The molecule has 0 saturated carbocycles. The van der Waals surface area contributed by atoms with Crippen molar-refractivity contribution >= 4 is 39.0 Å². The lowest BCUT2D eigenvalue weighted by Gasteiger charge is -2.19. The highest BCUT2D eigenvalue weighted by Crippen LogP contribution is 2.32. The molecule has 4 aromatic rings. The van der Waals surface area contributed by atoms with Crippen molar-refractivity contribution in [1.29, 1.82) is 0 Å². The number of carboxylic acid groups (broad SMARTS) is 1. The number of fused-ring (bicyclic) bond motifs is 1. The second-order valence-electron chi connectivity index (χ2n) is 9.22. The Balaban J connectivity index is 1.38. The van der Waals surface area contributed by atoms with Crippen LogP contribution in [-0.2, 0) is 21.3 Å². The average Bonchev–Trinajstić information content (AvgIpc) is 3.44. The van der Waals surface area contributed by atoms with Crippen LogP contribution in [0.3, 0.4) is 0 Å². The molecule has 0 fully saturated rings. The normalized spacial score (nSPS) is 13.0. The highest BCUT2D eigenvalue weighted by Gasteiger charge is 2.30. The van der Waals surface area contributed by atoms with Crippen LogP contribution in [0, 0.1) is 0 Å². The van der Waals surface area contributed by atoms with Gasteiger partial charge in [0.15, 0.2) is 0 Å². The minimum atomic E-state index is -3.81. The first kappa shape index (κ1) is 27.6. The van der Waals surface area contributed by atoms with Gasteiger partial charge in [0.1, 0.15) is 12.3 Å². The second-order valence-corrected chi connectivity index (χ2v) is 11.1. The summed E-state index contributed by atoms with van der Waals surface area (Å²) in [4.78, 5) is 30.5. The standard InChI is InChI=1S/C31H27N3O6S/c1-2-40-33-29(22-9-4-3-5-10-22)24-14-17-27(26(20-24)31(36)37)32-30(35)23-12-15-25(16-13-23)41(38,39)34-19-18-21-8-6-7-11-28(21)34/h3-17,20H,2,18-19H2,1H3,(H,32,35)(H,36,37). The summed E-state index contributed by atoms with van der Waals surface area (Å²) >= 11 is 0. The van der Waals surface area contributed by atoms with Gasteiger partial charge in [0, 0.05) is 23.2 Å². The fraction of sp³-hybridized carbons (Fsp3) is 0.129. The Labute approximate surface area is 237 Å². The first-order valence-electron chi connectivity index (χ1n) is 12.9. The van der Waals surface area contributed by atoms with E-state index in [0.717, 1.165) is 11.1 Å². The van der Waals surface area contributed by atoms with Crippen LogP contribution in [0.15, 0.2) is 107 Å². The molecule has 0 unspecified atom stereocenters. The maximum atomic E-state index is 13.3. The van der Waals surface area contributed by atoms with Gasteiger partial charge in [-0.15, -0.1) is 0 Å². The van der Waals surface area contributed by atoms with Crippen LogP contribution >= 0.6 is 0 Å². The summed E-state index contributed by atoms with van der Waals surface area (Å²) in [5.41, 5.74) is 3.43. The Morgan fingerprint density at radius 2 is 1.59 bits per heavy atom. The number of nitrogens with one attached hydrogen (secondary N) is 1. The number of benzene rings is 4. The van der Waals surface area contributed by atoms with Crippen LogP contribution in [0.2, 0.25) is 0 Å². The maximum absolute atomic E-state index is 13.3. The Bertz CT molecular complexity index is 1740. The molecule has 0 radical (unpaired) electrons. The third-order valence-electron chi connectivity index (χ3n) is 6.65. The van der Waals surface area contributed by atoms with Gasteiger partial charge in [-0.3, -0.25) is 9.10 Å². The molecule has 1 aliphatic rings. The van der Waals surface area contributed by atoms with E-state index in [9.17, 15) is 23.1 Å². The SMILES string of the molecule is CCON=C(c1ccccc1)c1ccc(NC(=O)c2ccc(S(=O)(=O)N3CCc4ccccc43)cc2)c(C(=O)O)c1. The van der Waals surface area contributed by atoms with Crippen molar-refractivity contribution in [3.63, 3.8) is 0 Å². The number of anilines is 2. The van der Waals surface area contributed by atoms with Crippen molar-refractivity contribution in [2.45, 2.75) is 18.2 Å². The zero-order valence-corrected chi connectivity index (χ0v) is 23.0. The highest BCUT2D eigenvalue weighted by molar-refractivity contribution is 7.92. The molecular formula is C31H27N3O6S. The second kappa shape index (κ2) is 11.6. The number of amides is 1. The molecule has 10 heteroatoms. The largest absolute Gasteiger partial charge is 0.478 e. The summed E-state index contributed by atoms with van der Waals surface area (Å²) in [7, 11) is -3.81. The van der Waals surface area contributed by atoms with Crippen molar-refractivity contribution in [3.8, 4) is 0 Å². The summed E-state index contributed by atoms with van der Waals surface area (Å²) in [6.07, 6.45) is 0.630. The number of carbonyl (C=O) groups excluding carboxylic acids is 1. The molecule has 0 spiro atoms. The molecule has 41 heavy (non-hydrogen) atoms. The Kier molecular flexibility index (Phi) is 7.84. The van der Waals surface area contributed by atoms with Crippen LogP contribution in [0.25, 0.3) is 0 Å². The molecule has 9 nitrogen and oxygen atoms in total. The van der Waals surface area contributed by atoms with Gasteiger partial charge in [-0.1, -0.05) is 59.8 Å². The van der Waals surface area contributed by atoms with E-state index < -0.39 is 21.9 Å². The van der Waals surface area contributed by atoms with Crippen LogP contribution in [0.1, 0.15) is 44.3 Å². The summed E-state index contributed by atoms with van der Waals surface area (Å²) in [5.74, 6) is -1.82. The molecule has 1 heterocycles. The Morgan fingerprint density at radius 1 is 0.902 bits per heavy atom. The minimum absolute atomic E-state index is 0.0587. The van der Waals surface area contributed by atoms with E-state index in [4.69, 9.17) is 4.84 Å². The van der Waals surface area contributed by atoms with Gasteiger partial charge < -0.3 is 15.3 Å². The van der Waals surface area contributed by atoms with Crippen LogP contribution in [0.4, 0.5) is 11.4 Å². The smallest absolute Gasteiger partial charge is 0.337 e. The molecule has 0 aliphatic carbocycles. The number of hydrogen-bond acceptors (Lipinski definition) is 6. The minimum Gasteiger partial charge on any atom is -0.478 e. The lowest BCUT2D eigenvalue weighted by atomic mass is 9.99. The van der Waals surface area contributed by atoms with Gasteiger partial charge in [0.2, 0.25) is 0 Å². The topological polar surface area (TPSA) is 125 Å². The molecule has 0 atom stereocenters. The summed E-state index contributed by atoms with van der Waals surface area (Å²) in [6.45, 7) is 2.47. The maximum Gasteiger partial charge on any atom is 0.337 e. The predicted octanol–water partition coefficient (Wildman–Crippen LogP) is 5.18. The third kappa shape index (κ3) is 5.68. The monoisotopic (exact) mass is 569 g/mol. The van der Waals surface area contributed by atoms with Gasteiger partial charge in [0.25, 0.3) is 15.9 Å². The van der Waals surface area contributed by atoms with Crippen molar-refractivity contribution in [3.05, 3.63) is 125 Å². The van der Waals surface area contributed by atoms with E-state index in [1.807, 2.05) is 42.5 Å². The predicted molar refractivity (Wildman–Crippen MR) is 156 cm³/mol. The zero-order chi connectivity index (χ0) is 29.0. The Hall–Kier alpha value is -4.96. The fourth-order valence-electron chi connectivity index (χ4n) is 4.63. The summed E-state index contributed by atoms with van der Waals surface area (Å²) < 4.78 is 27.9. The van der Waals surface area contributed by atoms with Crippen molar-refractivity contribution in [2.24, 2.45) is 5.16 Å². The molecule has 0 aromatic heterocycles. The summed E-state index contributed by atoms with van der Waals surface area (Å²) in [5, 5.41) is 16.7. The van der Waals surface area contributed by atoms with Crippen LogP contribution in [-0.4, -0.2) is 44.3 Å². The first-order valence-corrected chi connectivity index (χ1v) is 14.4. The van der Waals surface area contributed by atoms with Gasteiger partial charge in [0.05, 0.1) is 21.8 Å². The van der Waals surface area contributed by atoms with Crippen LogP contribution in [0.5, 0.6) is 0 Å².